The van der Waals surface area contributed by atoms with Gasteiger partial charge in [-0.25, -0.2) is 9.37 Å². The molecule has 1 aromatic carbocycles. The first-order valence-corrected chi connectivity index (χ1v) is 6.69. The summed E-state index contributed by atoms with van der Waals surface area (Å²) in [7, 11) is 0. The predicted molar refractivity (Wildman–Crippen MR) is 71.9 cm³/mol. The van der Waals surface area contributed by atoms with Crippen molar-refractivity contribution in [1.82, 2.24) is 4.98 Å². The summed E-state index contributed by atoms with van der Waals surface area (Å²) in [4.78, 5) is 15.9. The van der Waals surface area contributed by atoms with Gasteiger partial charge in [0.1, 0.15) is 11.6 Å². The molecule has 1 amide bonds. The van der Waals surface area contributed by atoms with E-state index in [-0.39, 0.29) is 11.7 Å². The van der Waals surface area contributed by atoms with Gasteiger partial charge in [-0.05, 0) is 30.7 Å². The number of carbonyl (C=O) groups excluding carboxylic acids is 1. The van der Waals surface area contributed by atoms with Crippen molar-refractivity contribution in [2.75, 3.05) is 5.32 Å². The van der Waals surface area contributed by atoms with Gasteiger partial charge in [-0.1, -0.05) is 6.92 Å². The number of thiazole rings is 1. The highest BCUT2D eigenvalue weighted by atomic mass is 32.1. The Bertz CT molecular complexity index is 528. The highest BCUT2D eigenvalue weighted by molar-refractivity contribution is 7.13. The number of anilines is 1. The summed E-state index contributed by atoms with van der Waals surface area (Å²) in [6, 6.07) is 5.57. The van der Waals surface area contributed by atoms with Crippen LogP contribution < -0.4 is 10.1 Å². The van der Waals surface area contributed by atoms with Crippen LogP contribution in [0.4, 0.5) is 9.52 Å². The van der Waals surface area contributed by atoms with E-state index in [4.69, 9.17) is 4.74 Å². The van der Waals surface area contributed by atoms with Gasteiger partial charge in [-0.15, -0.1) is 11.3 Å². The van der Waals surface area contributed by atoms with Crippen LogP contribution in [0.2, 0.25) is 0 Å². The molecule has 19 heavy (non-hydrogen) atoms. The Hall–Kier alpha value is -1.95. The zero-order valence-electron chi connectivity index (χ0n) is 10.3. The number of hydrogen-bond donors (Lipinski definition) is 1. The topological polar surface area (TPSA) is 51.2 Å². The van der Waals surface area contributed by atoms with E-state index >= 15 is 0 Å². The molecule has 1 aromatic heterocycles. The minimum Gasteiger partial charge on any atom is -0.481 e. The third kappa shape index (κ3) is 3.75. The second kappa shape index (κ2) is 6.29. The lowest BCUT2D eigenvalue weighted by molar-refractivity contribution is -0.122. The standard InChI is InChI=1S/C13H13FN2O2S/c1-2-11(12(17)16-13-15-7-8-19-13)18-10-5-3-9(14)4-6-10/h3-8,11H,2H2,1H3,(H,15,16,17)/t11-/m0/s1. The Morgan fingerprint density at radius 2 is 2.21 bits per heavy atom. The number of nitrogens with zero attached hydrogens (tertiary/aromatic N) is 1. The molecular weight excluding hydrogens is 267 g/mol. The lowest BCUT2D eigenvalue weighted by atomic mass is 10.2. The van der Waals surface area contributed by atoms with Gasteiger partial charge in [-0.2, -0.15) is 0 Å². The highest BCUT2D eigenvalue weighted by Gasteiger charge is 2.19. The first kappa shape index (κ1) is 13.5. The summed E-state index contributed by atoms with van der Waals surface area (Å²) in [6.07, 6.45) is 1.49. The van der Waals surface area contributed by atoms with Gasteiger partial charge in [0.05, 0.1) is 0 Å². The van der Waals surface area contributed by atoms with Crippen molar-refractivity contribution in [3.05, 3.63) is 41.7 Å². The number of rotatable bonds is 5. The molecule has 0 fully saturated rings. The second-order valence-corrected chi connectivity index (χ2v) is 4.69. The molecule has 0 unspecified atom stereocenters. The van der Waals surface area contributed by atoms with E-state index in [1.807, 2.05) is 6.92 Å². The number of benzene rings is 1. The van der Waals surface area contributed by atoms with Crippen molar-refractivity contribution in [2.45, 2.75) is 19.4 Å². The third-order valence-electron chi connectivity index (χ3n) is 2.42. The van der Waals surface area contributed by atoms with Gasteiger partial charge in [0.2, 0.25) is 0 Å². The van der Waals surface area contributed by atoms with Crippen LogP contribution in [0.5, 0.6) is 5.75 Å². The molecule has 0 spiro atoms. The molecule has 1 N–H and O–H groups in total. The molecule has 1 heterocycles. The van der Waals surface area contributed by atoms with E-state index in [1.54, 1.807) is 11.6 Å². The Morgan fingerprint density at radius 1 is 1.47 bits per heavy atom. The Balaban J connectivity index is 1.99. The molecule has 0 aliphatic carbocycles. The fraction of sp³-hybridized carbons (Fsp3) is 0.231. The van der Waals surface area contributed by atoms with Crippen LogP contribution in [0.3, 0.4) is 0 Å². The van der Waals surface area contributed by atoms with E-state index in [0.717, 1.165) is 0 Å². The molecule has 2 rings (SSSR count). The number of aromatic nitrogens is 1. The van der Waals surface area contributed by atoms with Crippen molar-refractivity contribution in [1.29, 1.82) is 0 Å². The van der Waals surface area contributed by atoms with Crippen molar-refractivity contribution in [2.24, 2.45) is 0 Å². The van der Waals surface area contributed by atoms with E-state index in [0.29, 0.717) is 17.3 Å². The lowest BCUT2D eigenvalue weighted by Gasteiger charge is -2.16. The fourth-order valence-electron chi connectivity index (χ4n) is 1.47. The quantitative estimate of drug-likeness (QED) is 0.915. The number of halogens is 1. The first-order valence-electron chi connectivity index (χ1n) is 5.81. The van der Waals surface area contributed by atoms with Crippen molar-refractivity contribution in [3.8, 4) is 5.75 Å². The smallest absolute Gasteiger partial charge is 0.267 e. The summed E-state index contributed by atoms with van der Waals surface area (Å²) >= 11 is 1.34. The van der Waals surface area contributed by atoms with E-state index < -0.39 is 6.10 Å². The average Bonchev–Trinajstić information content (AvgIpc) is 2.90. The molecule has 0 aliphatic rings. The van der Waals surface area contributed by atoms with Gasteiger partial charge in [-0.3, -0.25) is 10.1 Å². The first-order chi connectivity index (χ1) is 9.19. The Morgan fingerprint density at radius 3 is 2.79 bits per heavy atom. The van der Waals surface area contributed by atoms with Crippen molar-refractivity contribution < 1.29 is 13.9 Å². The van der Waals surface area contributed by atoms with E-state index in [9.17, 15) is 9.18 Å². The molecule has 2 aromatic rings. The molecule has 0 saturated heterocycles. The zero-order chi connectivity index (χ0) is 13.7. The Kier molecular flexibility index (Phi) is 4.46. The molecule has 0 radical (unpaired) electrons. The summed E-state index contributed by atoms with van der Waals surface area (Å²) in [6.45, 7) is 1.84. The van der Waals surface area contributed by atoms with Crippen LogP contribution in [-0.2, 0) is 4.79 Å². The number of ether oxygens (including phenoxy) is 1. The minimum absolute atomic E-state index is 0.262. The monoisotopic (exact) mass is 280 g/mol. The van der Waals surface area contributed by atoms with Crippen LogP contribution in [-0.4, -0.2) is 17.0 Å². The van der Waals surface area contributed by atoms with Crippen molar-refractivity contribution >= 4 is 22.4 Å². The molecule has 6 heteroatoms. The molecule has 0 aliphatic heterocycles. The summed E-state index contributed by atoms with van der Waals surface area (Å²) in [5, 5.41) is 4.98. The van der Waals surface area contributed by atoms with Gasteiger partial charge in [0, 0.05) is 11.6 Å². The van der Waals surface area contributed by atoms with Crippen LogP contribution in [0.1, 0.15) is 13.3 Å². The van der Waals surface area contributed by atoms with E-state index in [2.05, 4.69) is 10.3 Å². The summed E-state index contributed by atoms with van der Waals surface area (Å²) in [5.41, 5.74) is 0. The van der Waals surface area contributed by atoms with Crippen molar-refractivity contribution in [3.63, 3.8) is 0 Å². The van der Waals surface area contributed by atoms with Gasteiger partial charge < -0.3 is 4.74 Å². The molecule has 1 atom stereocenters. The summed E-state index contributed by atoms with van der Waals surface area (Å²) in [5.74, 6) is -0.142. The largest absolute Gasteiger partial charge is 0.481 e. The SMILES string of the molecule is CC[C@H](Oc1ccc(F)cc1)C(=O)Nc1nccs1. The molecule has 0 saturated carbocycles. The van der Waals surface area contributed by atoms with Crippen LogP contribution >= 0.6 is 11.3 Å². The fourth-order valence-corrected chi connectivity index (χ4v) is 2.00. The third-order valence-corrected chi connectivity index (χ3v) is 3.11. The highest BCUT2D eigenvalue weighted by Crippen LogP contribution is 2.16. The zero-order valence-corrected chi connectivity index (χ0v) is 11.1. The van der Waals surface area contributed by atoms with Crippen LogP contribution in [0.15, 0.2) is 35.8 Å². The molecular formula is C13H13FN2O2S. The number of hydrogen-bond acceptors (Lipinski definition) is 4. The molecule has 0 bridgehead atoms. The van der Waals surface area contributed by atoms with Gasteiger partial charge in [0.25, 0.3) is 5.91 Å². The summed E-state index contributed by atoms with van der Waals surface area (Å²) < 4.78 is 18.3. The predicted octanol–water partition coefficient (Wildman–Crippen LogP) is 3.08. The number of carbonyl (C=O) groups is 1. The number of nitrogens with one attached hydrogen (secondary N) is 1. The van der Waals surface area contributed by atoms with Gasteiger partial charge >= 0.3 is 0 Å². The van der Waals surface area contributed by atoms with Gasteiger partial charge in [0.15, 0.2) is 11.2 Å². The minimum atomic E-state index is -0.630. The Labute approximate surface area is 114 Å². The lowest BCUT2D eigenvalue weighted by Crippen LogP contribution is -2.32. The molecule has 100 valence electrons. The molecule has 4 nitrogen and oxygen atoms in total. The van der Waals surface area contributed by atoms with Crippen LogP contribution in [0, 0.1) is 5.82 Å². The van der Waals surface area contributed by atoms with E-state index in [1.165, 1.54) is 35.6 Å². The van der Waals surface area contributed by atoms with Crippen LogP contribution in [0.25, 0.3) is 0 Å². The maximum absolute atomic E-state index is 12.8. The maximum atomic E-state index is 12.8. The second-order valence-electron chi connectivity index (χ2n) is 3.80. The normalized spacial score (nSPS) is 11.9. The maximum Gasteiger partial charge on any atom is 0.267 e. The number of amides is 1. The average molecular weight is 280 g/mol.